The average molecular weight is 491 g/mol. The number of methoxy groups -OCH3 is 1. The van der Waals surface area contributed by atoms with Crippen molar-refractivity contribution in [1.29, 1.82) is 0 Å². The van der Waals surface area contributed by atoms with E-state index in [2.05, 4.69) is 12.1 Å². The van der Waals surface area contributed by atoms with Gasteiger partial charge >= 0.3 is 5.97 Å². The normalized spacial score (nSPS) is 24.8. The van der Waals surface area contributed by atoms with Gasteiger partial charge in [-0.1, -0.05) is 36.4 Å². The Kier molecular flexibility index (Phi) is 8.24. The van der Waals surface area contributed by atoms with Crippen LogP contribution in [0.5, 0.6) is 0 Å². The van der Waals surface area contributed by atoms with Gasteiger partial charge in [0.2, 0.25) is 5.91 Å². The van der Waals surface area contributed by atoms with Gasteiger partial charge in [-0.2, -0.15) is 0 Å². The van der Waals surface area contributed by atoms with Crippen molar-refractivity contribution in [3.63, 3.8) is 0 Å². The highest BCUT2D eigenvalue weighted by molar-refractivity contribution is 5.93. The molecule has 4 rings (SSSR count). The average Bonchev–Trinajstić information content (AvgIpc) is 3.35. The van der Waals surface area contributed by atoms with E-state index in [0.29, 0.717) is 18.0 Å². The highest BCUT2D eigenvalue weighted by Gasteiger charge is 2.44. The maximum atomic E-state index is 13.9. The van der Waals surface area contributed by atoms with E-state index in [1.165, 1.54) is 7.11 Å². The molecule has 1 unspecified atom stereocenters. The second-order valence-corrected chi connectivity index (χ2v) is 10.5. The molecule has 2 aromatic rings. The molecule has 0 bridgehead atoms. The van der Waals surface area contributed by atoms with Crippen LogP contribution in [0, 0.1) is 18.8 Å². The monoisotopic (exact) mass is 490 g/mol. The molecule has 1 aliphatic carbocycles. The second kappa shape index (κ2) is 11.4. The quantitative estimate of drug-likeness (QED) is 0.580. The van der Waals surface area contributed by atoms with Gasteiger partial charge in [-0.25, -0.2) is 4.79 Å². The number of carbonyl (C=O) groups is 3. The molecule has 1 heterocycles. The van der Waals surface area contributed by atoms with Crippen LogP contribution < -0.4 is 5.73 Å². The van der Waals surface area contributed by atoms with Crippen LogP contribution in [0.15, 0.2) is 48.5 Å². The molecular weight excluding hydrogens is 452 g/mol. The van der Waals surface area contributed by atoms with Gasteiger partial charge in [0.25, 0.3) is 0 Å². The molecule has 2 aliphatic rings. The number of rotatable bonds is 7. The molecule has 1 amide bonds. The van der Waals surface area contributed by atoms with E-state index < -0.39 is 12.0 Å². The molecule has 0 spiro atoms. The van der Waals surface area contributed by atoms with Crippen molar-refractivity contribution >= 4 is 17.7 Å². The fraction of sp³-hybridized carbons (Fsp3) is 0.500. The van der Waals surface area contributed by atoms with Crippen molar-refractivity contribution < 1.29 is 19.1 Å². The van der Waals surface area contributed by atoms with Crippen molar-refractivity contribution in [3.05, 3.63) is 70.8 Å². The Labute approximate surface area is 214 Å². The van der Waals surface area contributed by atoms with Crippen LogP contribution in [0.1, 0.15) is 72.0 Å². The molecule has 3 atom stereocenters. The predicted octanol–water partition coefficient (Wildman–Crippen LogP) is 4.43. The van der Waals surface area contributed by atoms with Crippen LogP contribution >= 0.6 is 0 Å². The third-order valence-corrected chi connectivity index (χ3v) is 8.23. The van der Waals surface area contributed by atoms with Gasteiger partial charge in [-0.05, 0) is 80.7 Å². The molecule has 192 valence electrons. The van der Waals surface area contributed by atoms with E-state index in [1.54, 1.807) is 12.1 Å². The number of ether oxygens (including phenoxy) is 1. The minimum atomic E-state index is -0.481. The summed E-state index contributed by atoms with van der Waals surface area (Å²) in [5.74, 6) is 0.189. The molecule has 6 nitrogen and oxygen atoms in total. The maximum absolute atomic E-state index is 13.9. The number of amides is 1. The predicted molar refractivity (Wildman–Crippen MR) is 140 cm³/mol. The standard InChI is InChI=1S/C30H38N2O4/c1-19-17-25(30(35)36-3)14-13-24(19)18-27(33)28-26(22-7-5-4-6-8-22)15-16-32(28)29(34)23-11-9-21(10-12-23)20(2)31/h4-8,13-14,17,20-21,23,26,28H,9-12,15-16,18,31H2,1-3H3/t20?,21?,23?,26-,28-/m0/s1. The number of Topliss-reactive ketones (excluding diaryl/α,β-unsaturated/α-hetero) is 1. The molecule has 36 heavy (non-hydrogen) atoms. The van der Waals surface area contributed by atoms with Crippen LogP contribution in [0.3, 0.4) is 0 Å². The molecule has 0 aromatic heterocycles. The zero-order valence-electron chi connectivity index (χ0n) is 21.6. The van der Waals surface area contributed by atoms with Crippen molar-refractivity contribution in [3.8, 4) is 0 Å². The van der Waals surface area contributed by atoms with Gasteiger partial charge in [-0.15, -0.1) is 0 Å². The lowest BCUT2D eigenvalue weighted by Gasteiger charge is -2.35. The minimum absolute atomic E-state index is 0.0160. The van der Waals surface area contributed by atoms with Gasteiger partial charge in [0.15, 0.2) is 5.78 Å². The lowest BCUT2D eigenvalue weighted by atomic mass is 9.78. The third-order valence-electron chi connectivity index (χ3n) is 8.23. The number of likely N-dealkylation sites (tertiary alicyclic amines) is 1. The van der Waals surface area contributed by atoms with Crippen LogP contribution in [0.2, 0.25) is 0 Å². The number of aryl methyl sites for hydroxylation is 1. The fourth-order valence-corrected chi connectivity index (χ4v) is 6.04. The summed E-state index contributed by atoms with van der Waals surface area (Å²) in [7, 11) is 1.35. The largest absolute Gasteiger partial charge is 0.465 e. The lowest BCUT2D eigenvalue weighted by molar-refractivity contribution is -0.142. The van der Waals surface area contributed by atoms with Gasteiger partial charge in [0.1, 0.15) is 0 Å². The Balaban J connectivity index is 1.56. The Morgan fingerprint density at radius 1 is 1.03 bits per heavy atom. The Bertz CT molecular complexity index is 1090. The third kappa shape index (κ3) is 5.54. The smallest absolute Gasteiger partial charge is 0.337 e. The molecule has 2 N–H and O–H groups in total. The van der Waals surface area contributed by atoms with Gasteiger partial charge < -0.3 is 15.4 Å². The number of ketones is 1. The van der Waals surface area contributed by atoms with Crippen LogP contribution in [0.4, 0.5) is 0 Å². The second-order valence-electron chi connectivity index (χ2n) is 10.5. The summed E-state index contributed by atoms with van der Waals surface area (Å²) < 4.78 is 4.82. The highest BCUT2D eigenvalue weighted by atomic mass is 16.5. The number of esters is 1. The number of hydrogen-bond donors (Lipinski definition) is 1. The van der Waals surface area contributed by atoms with E-state index >= 15 is 0 Å². The summed E-state index contributed by atoms with van der Waals surface area (Å²) in [4.78, 5) is 41.4. The van der Waals surface area contributed by atoms with Crippen molar-refractivity contribution in [2.45, 2.75) is 70.4 Å². The van der Waals surface area contributed by atoms with E-state index in [0.717, 1.165) is 48.8 Å². The number of benzene rings is 2. The summed E-state index contributed by atoms with van der Waals surface area (Å²) in [6.45, 7) is 4.55. The number of nitrogens with two attached hydrogens (primary N) is 1. The Morgan fingerprint density at radius 2 is 1.72 bits per heavy atom. The molecule has 2 aromatic carbocycles. The first-order chi connectivity index (χ1) is 17.3. The van der Waals surface area contributed by atoms with Crippen LogP contribution in [-0.2, 0) is 20.7 Å². The summed E-state index contributed by atoms with van der Waals surface area (Å²) in [6.07, 6.45) is 4.62. The summed E-state index contributed by atoms with van der Waals surface area (Å²) in [5.41, 5.74) is 9.42. The first kappa shape index (κ1) is 26.1. The van der Waals surface area contributed by atoms with Gasteiger partial charge in [0, 0.05) is 30.8 Å². The summed E-state index contributed by atoms with van der Waals surface area (Å²) in [5, 5.41) is 0. The molecule has 0 radical (unpaired) electrons. The first-order valence-corrected chi connectivity index (χ1v) is 13.1. The topological polar surface area (TPSA) is 89.7 Å². The van der Waals surface area contributed by atoms with Gasteiger partial charge in [0.05, 0.1) is 18.7 Å². The van der Waals surface area contributed by atoms with Crippen molar-refractivity contribution in [1.82, 2.24) is 4.90 Å². The number of hydrogen-bond acceptors (Lipinski definition) is 5. The van der Waals surface area contributed by atoms with Gasteiger partial charge in [-0.3, -0.25) is 9.59 Å². The summed E-state index contributed by atoms with van der Waals surface area (Å²) in [6, 6.07) is 15.0. The Hall–Kier alpha value is -2.99. The van der Waals surface area contributed by atoms with Crippen LogP contribution in [0.25, 0.3) is 0 Å². The molecule has 2 fully saturated rings. The first-order valence-electron chi connectivity index (χ1n) is 13.1. The summed E-state index contributed by atoms with van der Waals surface area (Å²) >= 11 is 0. The maximum Gasteiger partial charge on any atom is 0.337 e. The SMILES string of the molecule is COC(=O)c1ccc(CC(=O)[C@@H]2[C@H](c3ccccc3)CCN2C(=O)C2CCC(C(C)N)CC2)c(C)c1. The fourth-order valence-electron chi connectivity index (χ4n) is 6.04. The van der Waals surface area contributed by atoms with E-state index in [-0.39, 0.29) is 36.0 Å². The van der Waals surface area contributed by atoms with E-state index in [1.807, 2.05) is 43.0 Å². The zero-order valence-corrected chi connectivity index (χ0v) is 21.6. The number of carbonyl (C=O) groups excluding carboxylic acids is 3. The number of nitrogens with zero attached hydrogens (tertiary/aromatic N) is 1. The molecule has 1 saturated heterocycles. The molecule has 1 saturated carbocycles. The van der Waals surface area contributed by atoms with E-state index in [4.69, 9.17) is 10.5 Å². The van der Waals surface area contributed by atoms with E-state index in [9.17, 15) is 14.4 Å². The van der Waals surface area contributed by atoms with Crippen molar-refractivity contribution in [2.24, 2.45) is 17.6 Å². The molecule has 6 heteroatoms. The van der Waals surface area contributed by atoms with Crippen LogP contribution in [-0.4, -0.2) is 48.3 Å². The highest BCUT2D eigenvalue weighted by Crippen LogP contribution is 2.38. The minimum Gasteiger partial charge on any atom is -0.465 e. The molecule has 1 aliphatic heterocycles. The lowest BCUT2D eigenvalue weighted by Crippen LogP contribution is -2.47. The van der Waals surface area contributed by atoms with Crippen molar-refractivity contribution in [2.75, 3.05) is 13.7 Å². The Morgan fingerprint density at radius 3 is 2.33 bits per heavy atom. The molecular formula is C30H38N2O4. The zero-order chi connectivity index (χ0) is 25.8.